The number of hydrogen-bond acceptors (Lipinski definition) is 5. The van der Waals surface area contributed by atoms with Gasteiger partial charge in [-0.05, 0) is 0 Å². The third-order valence-electron chi connectivity index (χ3n) is 0.632. The van der Waals surface area contributed by atoms with E-state index in [1.165, 1.54) is 0 Å². The number of carboxylic acid groups (broad SMARTS) is 2. The first-order valence-electron chi connectivity index (χ1n) is 2.13. The molecular formula is C4H12Na2O9. The van der Waals surface area contributed by atoms with E-state index in [2.05, 4.69) is 0 Å². The molecule has 9 N–H and O–H groups in total. The monoisotopic (exact) mass is 250 g/mol. The van der Waals surface area contributed by atoms with E-state index in [1.807, 2.05) is 0 Å². The van der Waals surface area contributed by atoms with Crippen molar-refractivity contribution in [2.75, 3.05) is 0 Å². The molecule has 84 valence electrons. The maximum atomic E-state index is 9.58. The predicted octanol–water partition coefficient (Wildman–Crippen LogP) is -13.1. The van der Waals surface area contributed by atoms with Crippen molar-refractivity contribution in [1.82, 2.24) is 0 Å². The number of carbonyl (C=O) groups excluding carboxylic acids is 2. The van der Waals surface area contributed by atoms with Crippen LogP contribution in [-0.2, 0) is 9.59 Å². The van der Waals surface area contributed by atoms with Gasteiger partial charge in [-0.15, -0.1) is 0 Å². The van der Waals surface area contributed by atoms with Crippen LogP contribution in [0.15, 0.2) is 0 Å². The molecule has 0 aromatic carbocycles. The molecule has 0 aromatic heterocycles. The molecule has 1 atom stereocenters. The van der Waals surface area contributed by atoms with Gasteiger partial charge >= 0.3 is 59.1 Å². The van der Waals surface area contributed by atoms with Gasteiger partial charge in [-0.3, -0.25) is 0 Å². The fraction of sp³-hybridized carbons (Fsp3) is 0.500. The third kappa shape index (κ3) is 31.3. The van der Waals surface area contributed by atoms with Crippen molar-refractivity contribution < 1.29 is 106 Å². The minimum absolute atomic E-state index is 0. The van der Waals surface area contributed by atoms with Gasteiger partial charge in [-0.1, -0.05) is 0 Å². The molecule has 1 unspecified atom stereocenters. The van der Waals surface area contributed by atoms with Crippen molar-refractivity contribution in [2.45, 2.75) is 12.5 Å². The van der Waals surface area contributed by atoms with E-state index in [-0.39, 0.29) is 81.0 Å². The van der Waals surface area contributed by atoms with Crippen molar-refractivity contribution in [2.24, 2.45) is 0 Å². The zero-order valence-corrected chi connectivity index (χ0v) is 12.4. The number of hydrogen-bond donors (Lipinski definition) is 1. The number of carbonyl (C=O) groups is 2. The molecule has 0 saturated heterocycles. The summed E-state index contributed by atoms with van der Waals surface area (Å²) in [6, 6.07) is 0. The minimum Gasteiger partial charge on any atom is -0.550 e. The van der Waals surface area contributed by atoms with Crippen LogP contribution in [0.1, 0.15) is 6.42 Å². The Morgan fingerprint density at radius 2 is 1.27 bits per heavy atom. The molecule has 15 heavy (non-hydrogen) atoms. The Morgan fingerprint density at radius 3 is 1.33 bits per heavy atom. The molecule has 0 bridgehead atoms. The smallest absolute Gasteiger partial charge is 0.550 e. The Balaban J connectivity index is -0.0000000213. The Labute approximate surface area is 129 Å². The predicted molar refractivity (Wildman–Crippen MR) is 35.1 cm³/mol. The summed E-state index contributed by atoms with van der Waals surface area (Å²) in [4.78, 5) is 19.1. The normalized spacial score (nSPS) is 7.53. The van der Waals surface area contributed by atoms with Crippen LogP contribution >= 0.6 is 0 Å². The molecule has 0 rings (SSSR count). The van der Waals surface area contributed by atoms with E-state index < -0.39 is 24.5 Å². The number of aliphatic hydroxyl groups is 1. The van der Waals surface area contributed by atoms with Crippen molar-refractivity contribution >= 4 is 11.9 Å². The van der Waals surface area contributed by atoms with E-state index in [0.717, 1.165) is 0 Å². The Bertz CT molecular complexity index is 140. The first kappa shape index (κ1) is 44.8. The molecule has 0 aliphatic rings. The number of aliphatic hydroxyl groups excluding tert-OH is 1. The summed E-state index contributed by atoms with van der Waals surface area (Å²) in [5, 5.41) is 27.3. The van der Waals surface area contributed by atoms with Gasteiger partial charge < -0.3 is 46.8 Å². The van der Waals surface area contributed by atoms with Gasteiger partial charge in [0.25, 0.3) is 0 Å². The summed E-state index contributed by atoms with van der Waals surface area (Å²) in [6.07, 6.45) is -2.89. The zero-order chi connectivity index (χ0) is 7.44. The van der Waals surface area contributed by atoms with Crippen LogP contribution in [0.25, 0.3) is 0 Å². The largest absolute Gasteiger partial charge is 1.00 e. The van der Waals surface area contributed by atoms with E-state index in [0.29, 0.717) is 0 Å². The van der Waals surface area contributed by atoms with Crippen LogP contribution in [0.2, 0.25) is 0 Å². The first-order chi connectivity index (χ1) is 4.04. The van der Waals surface area contributed by atoms with Crippen LogP contribution in [0.4, 0.5) is 0 Å². The summed E-state index contributed by atoms with van der Waals surface area (Å²) in [5.74, 6) is -3.43. The molecule has 0 aliphatic carbocycles. The van der Waals surface area contributed by atoms with E-state index >= 15 is 0 Å². The van der Waals surface area contributed by atoms with Gasteiger partial charge in [0.05, 0.1) is 12.1 Å². The second-order valence-electron chi connectivity index (χ2n) is 1.41. The van der Waals surface area contributed by atoms with E-state index in [9.17, 15) is 19.8 Å². The van der Waals surface area contributed by atoms with Crippen LogP contribution in [-0.4, -0.2) is 45.1 Å². The second kappa shape index (κ2) is 24.1. The average Bonchev–Trinajstić information content (AvgIpc) is 1.63. The number of rotatable bonds is 3. The van der Waals surface area contributed by atoms with Gasteiger partial charge in [-0.2, -0.15) is 0 Å². The summed E-state index contributed by atoms with van der Waals surface area (Å²) in [6.45, 7) is 0. The van der Waals surface area contributed by atoms with Crippen molar-refractivity contribution in [3.8, 4) is 0 Å². The topological polar surface area (TPSA) is 226 Å². The maximum Gasteiger partial charge on any atom is 1.00 e. The van der Waals surface area contributed by atoms with Crippen LogP contribution in [0.3, 0.4) is 0 Å². The van der Waals surface area contributed by atoms with Gasteiger partial charge in [-0.25, -0.2) is 0 Å². The molecular weight excluding hydrogens is 238 g/mol. The molecule has 9 nitrogen and oxygen atoms in total. The van der Waals surface area contributed by atoms with Crippen LogP contribution in [0, 0.1) is 0 Å². The Morgan fingerprint density at radius 1 is 1.00 bits per heavy atom. The van der Waals surface area contributed by atoms with Crippen molar-refractivity contribution in [3.63, 3.8) is 0 Å². The standard InChI is InChI=1S/C4H6O5.2Na.4H2O/c5-2(4(8)9)1-3(6)7;;;;;;/h2,5H,1H2,(H,6,7)(H,8,9);;;4*1H2/q;2*+1;;;;/p-2. The van der Waals surface area contributed by atoms with E-state index in [4.69, 9.17) is 5.11 Å². The molecule has 11 heteroatoms. The van der Waals surface area contributed by atoms with Crippen LogP contribution in [0.5, 0.6) is 0 Å². The van der Waals surface area contributed by atoms with Crippen molar-refractivity contribution in [1.29, 1.82) is 0 Å². The van der Waals surface area contributed by atoms with Crippen LogP contribution < -0.4 is 69.3 Å². The first-order valence-corrected chi connectivity index (χ1v) is 2.13. The number of carboxylic acids is 2. The molecule has 0 amide bonds. The summed E-state index contributed by atoms with van der Waals surface area (Å²) < 4.78 is 0. The SMILES string of the molecule is O.O.O.O.O=C([O-])CC(O)C(=O)[O-].[Na+].[Na+]. The fourth-order valence-corrected chi connectivity index (χ4v) is 0.241. The number of aliphatic carboxylic acids is 2. The average molecular weight is 250 g/mol. The summed E-state index contributed by atoms with van der Waals surface area (Å²) >= 11 is 0. The molecule has 0 heterocycles. The molecule has 0 fully saturated rings. The van der Waals surface area contributed by atoms with Gasteiger partial charge in [0.1, 0.15) is 0 Å². The quantitative estimate of drug-likeness (QED) is 0.479. The van der Waals surface area contributed by atoms with Crippen molar-refractivity contribution in [3.05, 3.63) is 0 Å². The summed E-state index contributed by atoms with van der Waals surface area (Å²) in [7, 11) is 0. The molecule has 0 aliphatic heterocycles. The fourth-order valence-electron chi connectivity index (χ4n) is 0.241. The summed E-state index contributed by atoms with van der Waals surface area (Å²) in [5.41, 5.74) is 0. The Kier molecular flexibility index (Phi) is 72.0. The van der Waals surface area contributed by atoms with Gasteiger partial charge in [0, 0.05) is 12.4 Å². The maximum absolute atomic E-state index is 9.58. The Hall–Kier alpha value is 0.740. The third-order valence-corrected chi connectivity index (χ3v) is 0.632. The molecule has 0 spiro atoms. The van der Waals surface area contributed by atoms with Gasteiger partial charge in [0.2, 0.25) is 0 Å². The minimum atomic E-state index is -1.96. The second-order valence-corrected chi connectivity index (χ2v) is 1.41. The molecule has 0 radical (unpaired) electrons. The van der Waals surface area contributed by atoms with E-state index in [1.54, 1.807) is 0 Å². The zero-order valence-electron chi connectivity index (χ0n) is 8.36. The molecule has 0 aromatic rings. The van der Waals surface area contributed by atoms with Gasteiger partial charge in [0.15, 0.2) is 0 Å². The molecule has 0 saturated carbocycles.